The SMILES string of the molecule is CCC(C)N1CC(=O)N2[C@@H](Cc3c([nH]c4ccccc34)C2(C)C)C1=O. The summed E-state index contributed by atoms with van der Waals surface area (Å²) in [4.78, 5) is 33.2. The number of nitrogens with zero attached hydrogens (tertiary/aromatic N) is 2. The highest BCUT2D eigenvalue weighted by atomic mass is 16.2. The van der Waals surface area contributed by atoms with Gasteiger partial charge in [-0.15, -0.1) is 0 Å². The van der Waals surface area contributed by atoms with Crippen molar-refractivity contribution in [2.45, 2.75) is 58.2 Å². The molecule has 132 valence electrons. The number of aromatic amines is 1. The normalized spacial score (nSPS) is 23.6. The van der Waals surface area contributed by atoms with Gasteiger partial charge >= 0.3 is 0 Å². The maximum Gasteiger partial charge on any atom is 0.246 e. The molecule has 25 heavy (non-hydrogen) atoms. The van der Waals surface area contributed by atoms with E-state index in [0.717, 1.165) is 23.0 Å². The molecule has 1 unspecified atom stereocenters. The third kappa shape index (κ3) is 2.14. The molecule has 1 fully saturated rings. The van der Waals surface area contributed by atoms with Crippen LogP contribution in [0.2, 0.25) is 0 Å². The van der Waals surface area contributed by atoms with Crippen LogP contribution < -0.4 is 0 Å². The molecule has 1 N–H and O–H groups in total. The first-order chi connectivity index (χ1) is 11.9. The molecule has 3 heterocycles. The number of aromatic nitrogens is 1. The Labute approximate surface area is 148 Å². The summed E-state index contributed by atoms with van der Waals surface area (Å²) in [6.45, 7) is 8.33. The van der Waals surface area contributed by atoms with Crippen LogP contribution in [0.25, 0.3) is 10.9 Å². The largest absolute Gasteiger partial charge is 0.356 e. The van der Waals surface area contributed by atoms with Crippen molar-refractivity contribution in [3.8, 4) is 0 Å². The van der Waals surface area contributed by atoms with E-state index in [1.807, 2.05) is 37.8 Å². The standard InChI is InChI=1S/C20H25N3O2/c1-5-12(2)22-11-17(24)23-16(19(22)25)10-14-13-8-6-7-9-15(13)21-18(14)20(23,3)4/h6-9,12,16,21H,5,10-11H2,1-4H3/t12?,16-/m0/s1. The molecule has 0 bridgehead atoms. The molecule has 5 heteroatoms. The van der Waals surface area contributed by atoms with Gasteiger partial charge in [-0.05, 0) is 38.8 Å². The van der Waals surface area contributed by atoms with E-state index in [-0.39, 0.29) is 24.4 Å². The lowest BCUT2D eigenvalue weighted by molar-refractivity contribution is -0.165. The topological polar surface area (TPSA) is 56.4 Å². The van der Waals surface area contributed by atoms with E-state index in [1.54, 1.807) is 4.90 Å². The van der Waals surface area contributed by atoms with Crippen LogP contribution >= 0.6 is 0 Å². The number of H-pyrrole nitrogens is 1. The van der Waals surface area contributed by atoms with Crippen molar-refractivity contribution in [3.63, 3.8) is 0 Å². The number of benzene rings is 1. The van der Waals surface area contributed by atoms with Gasteiger partial charge in [0.15, 0.2) is 0 Å². The number of rotatable bonds is 2. The summed E-state index contributed by atoms with van der Waals surface area (Å²) in [5.74, 6) is 0.122. The second-order valence-corrected chi connectivity index (χ2v) is 7.79. The van der Waals surface area contributed by atoms with Crippen LogP contribution in [0, 0.1) is 0 Å². The Hall–Kier alpha value is -2.30. The summed E-state index contributed by atoms with van der Waals surface area (Å²) in [7, 11) is 0. The third-order valence-corrected chi connectivity index (χ3v) is 6.00. The van der Waals surface area contributed by atoms with Gasteiger partial charge in [-0.3, -0.25) is 9.59 Å². The van der Waals surface area contributed by atoms with Gasteiger partial charge in [0, 0.05) is 29.1 Å². The molecule has 4 rings (SSSR count). The van der Waals surface area contributed by atoms with Crippen LogP contribution in [0.3, 0.4) is 0 Å². The molecule has 0 radical (unpaired) electrons. The number of carbonyl (C=O) groups excluding carboxylic acids is 2. The number of hydrogen-bond donors (Lipinski definition) is 1. The second-order valence-electron chi connectivity index (χ2n) is 7.79. The van der Waals surface area contributed by atoms with Crippen molar-refractivity contribution in [1.29, 1.82) is 0 Å². The van der Waals surface area contributed by atoms with Crippen molar-refractivity contribution >= 4 is 22.7 Å². The van der Waals surface area contributed by atoms with E-state index in [1.165, 1.54) is 5.56 Å². The number of hydrogen-bond acceptors (Lipinski definition) is 2. The summed E-state index contributed by atoms with van der Waals surface area (Å²) >= 11 is 0. The van der Waals surface area contributed by atoms with Crippen molar-refractivity contribution in [1.82, 2.24) is 14.8 Å². The number of amides is 2. The minimum atomic E-state index is -0.522. The van der Waals surface area contributed by atoms with Crippen molar-refractivity contribution in [2.75, 3.05) is 6.54 Å². The predicted octanol–water partition coefficient (Wildman–Crippen LogP) is 2.80. The first-order valence-corrected chi connectivity index (χ1v) is 9.09. The van der Waals surface area contributed by atoms with Crippen molar-refractivity contribution in [2.24, 2.45) is 0 Å². The van der Waals surface area contributed by atoms with E-state index in [9.17, 15) is 9.59 Å². The number of para-hydroxylation sites is 1. The highest BCUT2D eigenvalue weighted by molar-refractivity contribution is 5.97. The van der Waals surface area contributed by atoms with E-state index in [2.05, 4.69) is 24.0 Å². The van der Waals surface area contributed by atoms with Gasteiger partial charge in [0.05, 0.1) is 5.54 Å². The molecule has 2 aliphatic rings. The third-order valence-electron chi connectivity index (χ3n) is 6.00. The van der Waals surface area contributed by atoms with E-state index in [0.29, 0.717) is 6.42 Å². The van der Waals surface area contributed by atoms with Gasteiger partial charge in [-0.25, -0.2) is 0 Å². The molecular formula is C20H25N3O2. The molecule has 0 aliphatic carbocycles. The molecule has 5 nitrogen and oxygen atoms in total. The quantitative estimate of drug-likeness (QED) is 0.915. The number of nitrogens with one attached hydrogen (secondary N) is 1. The minimum Gasteiger partial charge on any atom is -0.356 e. The molecule has 0 spiro atoms. The lowest BCUT2D eigenvalue weighted by atomic mass is 9.82. The van der Waals surface area contributed by atoms with Gasteiger partial charge in [0.25, 0.3) is 0 Å². The Bertz CT molecular complexity index is 867. The molecule has 1 aromatic heterocycles. The summed E-state index contributed by atoms with van der Waals surface area (Å²) < 4.78 is 0. The Balaban J connectivity index is 1.86. The van der Waals surface area contributed by atoms with Gasteiger partial charge < -0.3 is 14.8 Å². The van der Waals surface area contributed by atoms with Crippen LogP contribution in [0.15, 0.2) is 24.3 Å². The number of piperazine rings is 1. The molecule has 2 aliphatic heterocycles. The predicted molar refractivity (Wildman–Crippen MR) is 97.1 cm³/mol. The van der Waals surface area contributed by atoms with Gasteiger partial charge in [0.1, 0.15) is 12.6 Å². The fraction of sp³-hybridized carbons (Fsp3) is 0.500. The fourth-order valence-corrected chi connectivity index (χ4v) is 4.50. The number of fused-ring (bicyclic) bond motifs is 4. The molecule has 1 saturated heterocycles. The van der Waals surface area contributed by atoms with Gasteiger partial charge in [-0.2, -0.15) is 0 Å². The van der Waals surface area contributed by atoms with E-state index >= 15 is 0 Å². The number of carbonyl (C=O) groups is 2. The van der Waals surface area contributed by atoms with Crippen LogP contribution in [0.1, 0.15) is 45.4 Å². The maximum atomic E-state index is 13.2. The molecule has 0 saturated carbocycles. The smallest absolute Gasteiger partial charge is 0.246 e. The molecule has 1 aromatic carbocycles. The molecule has 2 atom stereocenters. The Morgan fingerprint density at radius 2 is 2.00 bits per heavy atom. The van der Waals surface area contributed by atoms with Crippen molar-refractivity contribution < 1.29 is 9.59 Å². The average Bonchev–Trinajstić information content (AvgIpc) is 2.97. The maximum absolute atomic E-state index is 13.2. The molecule has 2 amide bonds. The summed E-state index contributed by atoms with van der Waals surface area (Å²) in [5, 5.41) is 1.16. The van der Waals surface area contributed by atoms with Gasteiger partial charge in [0.2, 0.25) is 11.8 Å². The molecule has 2 aromatic rings. The van der Waals surface area contributed by atoms with Gasteiger partial charge in [-0.1, -0.05) is 25.1 Å². The average molecular weight is 339 g/mol. The van der Waals surface area contributed by atoms with E-state index < -0.39 is 11.6 Å². The summed E-state index contributed by atoms with van der Waals surface area (Å²) in [6.07, 6.45) is 1.44. The van der Waals surface area contributed by atoms with Crippen LogP contribution in [0.4, 0.5) is 0 Å². The lowest BCUT2D eigenvalue weighted by Gasteiger charge is -2.52. The second kappa shape index (κ2) is 5.35. The summed E-state index contributed by atoms with van der Waals surface area (Å²) in [5.41, 5.74) is 2.78. The Kier molecular flexibility index (Phi) is 3.46. The first kappa shape index (κ1) is 16.2. The minimum absolute atomic E-state index is 0.0409. The first-order valence-electron chi connectivity index (χ1n) is 9.09. The zero-order valence-electron chi connectivity index (χ0n) is 15.3. The zero-order chi connectivity index (χ0) is 17.9. The van der Waals surface area contributed by atoms with Crippen LogP contribution in [-0.2, 0) is 21.5 Å². The molecular weight excluding hydrogens is 314 g/mol. The van der Waals surface area contributed by atoms with E-state index in [4.69, 9.17) is 0 Å². The monoisotopic (exact) mass is 339 g/mol. The zero-order valence-corrected chi connectivity index (χ0v) is 15.3. The van der Waals surface area contributed by atoms with Crippen LogP contribution in [-0.4, -0.2) is 45.2 Å². The Morgan fingerprint density at radius 3 is 2.72 bits per heavy atom. The fourth-order valence-electron chi connectivity index (χ4n) is 4.50. The summed E-state index contributed by atoms with van der Waals surface area (Å²) in [6, 6.07) is 7.86. The highest BCUT2D eigenvalue weighted by Gasteiger charge is 2.51. The Morgan fingerprint density at radius 1 is 1.28 bits per heavy atom. The van der Waals surface area contributed by atoms with Crippen LogP contribution in [0.5, 0.6) is 0 Å². The van der Waals surface area contributed by atoms with Crippen molar-refractivity contribution in [3.05, 3.63) is 35.5 Å². The lowest BCUT2D eigenvalue weighted by Crippen LogP contribution is -2.68. The highest BCUT2D eigenvalue weighted by Crippen LogP contribution is 2.42.